The van der Waals surface area contributed by atoms with Crippen molar-refractivity contribution in [2.45, 2.75) is 53.6 Å². The van der Waals surface area contributed by atoms with E-state index in [1.807, 2.05) is 38.1 Å². The zero-order chi connectivity index (χ0) is 13.8. The summed E-state index contributed by atoms with van der Waals surface area (Å²) in [6.07, 6.45) is 1.63. The second-order valence-corrected chi connectivity index (χ2v) is 6.18. The van der Waals surface area contributed by atoms with Crippen molar-refractivity contribution in [2.24, 2.45) is 5.41 Å². The van der Waals surface area contributed by atoms with E-state index >= 15 is 0 Å². The predicted molar refractivity (Wildman–Crippen MR) is 75.2 cm³/mol. The van der Waals surface area contributed by atoms with Gasteiger partial charge in [0.05, 0.1) is 6.10 Å². The lowest BCUT2D eigenvalue weighted by atomic mass is 9.88. The van der Waals surface area contributed by atoms with Crippen molar-refractivity contribution in [1.82, 2.24) is 0 Å². The number of ketones is 1. The van der Waals surface area contributed by atoms with Gasteiger partial charge < -0.3 is 4.74 Å². The van der Waals surface area contributed by atoms with Crippen LogP contribution in [0, 0.1) is 5.41 Å². The molecule has 0 aromatic heterocycles. The summed E-state index contributed by atoms with van der Waals surface area (Å²) in [5.41, 5.74) is 0.944. The predicted octanol–water partition coefficient (Wildman–Crippen LogP) is 4.48. The lowest BCUT2D eigenvalue weighted by Crippen LogP contribution is -2.10. The fourth-order valence-corrected chi connectivity index (χ4v) is 1.65. The fraction of sp³-hybridized carbons (Fsp3) is 0.562. The maximum absolute atomic E-state index is 12.1. The van der Waals surface area contributed by atoms with Gasteiger partial charge in [-0.3, -0.25) is 4.79 Å². The van der Waals surface area contributed by atoms with Crippen molar-refractivity contribution < 1.29 is 9.53 Å². The number of hydrogen-bond donors (Lipinski definition) is 0. The number of hydrogen-bond acceptors (Lipinski definition) is 2. The average Bonchev–Trinajstić information content (AvgIpc) is 2.24. The van der Waals surface area contributed by atoms with Crippen molar-refractivity contribution in [1.29, 1.82) is 0 Å². The van der Waals surface area contributed by atoms with E-state index in [4.69, 9.17) is 4.74 Å². The minimum absolute atomic E-state index is 0.130. The summed E-state index contributed by atoms with van der Waals surface area (Å²) in [6.45, 7) is 10.4. The van der Waals surface area contributed by atoms with Crippen LogP contribution in [0.15, 0.2) is 24.3 Å². The molecule has 2 nitrogen and oxygen atoms in total. The number of rotatable bonds is 5. The van der Waals surface area contributed by atoms with Crippen LogP contribution in [0.5, 0.6) is 5.75 Å². The zero-order valence-electron chi connectivity index (χ0n) is 12.1. The van der Waals surface area contributed by atoms with Crippen LogP contribution in [0.4, 0.5) is 0 Å². The van der Waals surface area contributed by atoms with Gasteiger partial charge >= 0.3 is 0 Å². The lowest BCUT2D eigenvalue weighted by molar-refractivity contribution is 0.0965. The molecular formula is C16H24O2. The smallest absolute Gasteiger partial charge is 0.163 e. The van der Waals surface area contributed by atoms with Crippen molar-refractivity contribution in [2.75, 3.05) is 0 Å². The largest absolute Gasteiger partial charge is 0.491 e. The zero-order valence-corrected chi connectivity index (χ0v) is 12.1. The molecule has 0 saturated carbocycles. The molecule has 0 saturated heterocycles. The van der Waals surface area contributed by atoms with Gasteiger partial charge in [0.25, 0.3) is 0 Å². The summed E-state index contributed by atoms with van der Waals surface area (Å²) in [7, 11) is 0. The van der Waals surface area contributed by atoms with Crippen LogP contribution in [0.2, 0.25) is 0 Å². The molecule has 0 radical (unpaired) electrons. The van der Waals surface area contributed by atoms with Crippen LogP contribution in [0.1, 0.15) is 57.8 Å². The molecule has 0 N–H and O–H groups in total. The van der Waals surface area contributed by atoms with E-state index in [1.54, 1.807) is 0 Å². The first-order chi connectivity index (χ1) is 8.28. The van der Waals surface area contributed by atoms with Crippen molar-refractivity contribution in [3.05, 3.63) is 29.8 Å². The molecule has 0 spiro atoms. The molecule has 0 heterocycles. The highest BCUT2D eigenvalue weighted by Gasteiger charge is 2.14. The molecule has 1 aromatic rings. The monoisotopic (exact) mass is 248 g/mol. The Labute approximate surface area is 110 Å². The van der Waals surface area contributed by atoms with E-state index in [-0.39, 0.29) is 17.3 Å². The summed E-state index contributed by atoms with van der Waals surface area (Å²) < 4.78 is 5.60. The summed E-state index contributed by atoms with van der Waals surface area (Å²) in [4.78, 5) is 12.1. The van der Waals surface area contributed by atoms with Gasteiger partial charge in [0, 0.05) is 12.0 Å². The Balaban J connectivity index is 2.68. The van der Waals surface area contributed by atoms with Gasteiger partial charge in [-0.25, -0.2) is 0 Å². The van der Waals surface area contributed by atoms with Gasteiger partial charge in [-0.15, -0.1) is 0 Å². The Morgan fingerprint density at radius 2 is 1.94 bits per heavy atom. The molecule has 0 unspecified atom stereocenters. The summed E-state index contributed by atoms with van der Waals surface area (Å²) in [5.74, 6) is 0.964. The quantitative estimate of drug-likeness (QED) is 0.718. The Morgan fingerprint density at radius 3 is 2.50 bits per heavy atom. The van der Waals surface area contributed by atoms with Crippen LogP contribution >= 0.6 is 0 Å². The molecular weight excluding hydrogens is 224 g/mol. The molecule has 0 aliphatic rings. The summed E-state index contributed by atoms with van der Waals surface area (Å²) >= 11 is 0. The average molecular weight is 248 g/mol. The number of Topliss-reactive ketones (excluding diaryl/α,β-unsaturated/α-hetero) is 1. The van der Waals surface area contributed by atoms with Crippen LogP contribution in [-0.4, -0.2) is 11.9 Å². The second kappa shape index (κ2) is 6.03. The van der Waals surface area contributed by atoms with Gasteiger partial charge in [-0.05, 0) is 37.8 Å². The first-order valence-electron chi connectivity index (χ1n) is 6.58. The van der Waals surface area contributed by atoms with Gasteiger partial charge in [-0.2, -0.15) is 0 Å². The summed E-state index contributed by atoms with van der Waals surface area (Å²) in [5, 5.41) is 0. The molecule has 0 bridgehead atoms. The number of benzene rings is 1. The number of ether oxygens (including phenoxy) is 1. The maximum atomic E-state index is 12.1. The molecule has 18 heavy (non-hydrogen) atoms. The first kappa shape index (κ1) is 14.7. The minimum Gasteiger partial charge on any atom is -0.491 e. The minimum atomic E-state index is 0.130. The third-order valence-electron chi connectivity index (χ3n) is 2.63. The van der Waals surface area contributed by atoms with Crippen molar-refractivity contribution in [3.8, 4) is 5.75 Å². The van der Waals surface area contributed by atoms with Crippen molar-refractivity contribution >= 4 is 5.78 Å². The maximum Gasteiger partial charge on any atom is 0.163 e. The molecule has 0 aliphatic heterocycles. The standard InChI is InChI=1S/C16H24O2/c1-12(2)18-14-8-6-7-13(11-14)15(17)9-10-16(3,4)5/h6-8,11-12H,9-10H2,1-5H3. The Kier molecular flexibility index (Phi) is 4.94. The molecule has 2 heteroatoms. The molecule has 0 amide bonds. The lowest BCUT2D eigenvalue weighted by Gasteiger charge is -2.17. The van der Waals surface area contributed by atoms with E-state index in [0.717, 1.165) is 17.7 Å². The first-order valence-corrected chi connectivity index (χ1v) is 6.58. The molecule has 0 fully saturated rings. The highest BCUT2D eigenvalue weighted by Crippen LogP contribution is 2.23. The van der Waals surface area contributed by atoms with Crippen LogP contribution in [0.25, 0.3) is 0 Å². The fourth-order valence-electron chi connectivity index (χ4n) is 1.65. The van der Waals surface area contributed by atoms with Crippen LogP contribution in [-0.2, 0) is 0 Å². The van der Waals surface area contributed by atoms with E-state index in [1.165, 1.54) is 0 Å². The molecule has 0 aliphatic carbocycles. The topological polar surface area (TPSA) is 26.3 Å². The normalized spacial score (nSPS) is 11.7. The number of carbonyl (C=O) groups excluding carboxylic acids is 1. The van der Waals surface area contributed by atoms with Gasteiger partial charge in [-0.1, -0.05) is 32.9 Å². The molecule has 100 valence electrons. The summed E-state index contributed by atoms with van der Waals surface area (Å²) in [6, 6.07) is 7.46. The van der Waals surface area contributed by atoms with E-state index in [2.05, 4.69) is 20.8 Å². The third-order valence-corrected chi connectivity index (χ3v) is 2.63. The third kappa shape index (κ3) is 5.35. The Morgan fingerprint density at radius 1 is 1.28 bits per heavy atom. The van der Waals surface area contributed by atoms with Crippen LogP contribution in [0.3, 0.4) is 0 Å². The molecule has 0 atom stereocenters. The Hall–Kier alpha value is -1.31. The van der Waals surface area contributed by atoms with E-state index in [0.29, 0.717) is 6.42 Å². The highest BCUT2D eigenvalue weighted by atomic mass is 16.5. The van der Waals surface area contributed by atoms with Crippen LogP contribution < -0.4 is 4.74 Å². The van der Waals surface area contributed by atoms with E-state index in [9.17, 15) is 4.79 Å². The van der Waals surface area contributed by atoms with E-state index < -0.39 is 0 Å². The molecule has 1 rings (SSSR count). The second-order valence-electron chi connectivity index (χ2n) is 6.18. The van der Waals surface area contributed by atoms with Gasteiger partial charge in [0.1, 0.15) is 5.75 Å². The molecule has 1 aromatic carbocycles. The van der Waals surface area contributed by atoms with Gasteiger partial charge in [0.15, 0.2) is 5.78 Å². The number of carbonyl (C=O) groups is 1. The highest BCUT2D eigenvalue weighted by molar-refractivity contribution is 5.96. The Bertz CT molecular complexity index is 400. The SMILES string of the molecule is CC(C)Oc1cccc(C(=O)CCC(C)(C)C)c1. The van der Waals surface area contributed by atoms with Gasteiger partial charge in [0.2, 0.25) is 0 Å². The van der Waals surface area contributed by atoms with Crippen molar-refractivity contribution in [3.63, 3.8) is 0 Å².